The third-order valence-corrected chi connectivity index (χ3v) is 1.72. The zero-order valence-corrected chi connectivity index (χ0v) is 7.18. The van der Waals surface area contributed by atoms with Crippen molar-refractivity contribution < 1.29 is 13.7 Å². The van der Waals surface area contributed by atoms with Gasteiger partial charge in [0.25, 0.3) is 5.69 Å². The minimum Gasteiger partial charge on any atom is -0.258 e. The van der Waals surface area contributed by atoms with Crippen LogP contribution in [0.5, 0.6) is 0 Å². The summed E-state index contributed by atoms with van der Waals surface area (Å²) >= 11 is 5.16. The first-order chi connectivity index (χ1) is 6.49. The zero-order valence-electron chi connectivity index (χ0n) is 6.42. The maximum absolute atomic E-state index is 12.9. The zero-order chi connectivity index (χ0) is 10.9. The fourth-order valence-electron chi connectivity index (χ4n) is 0.833. The van der Waals surface area contributed by atoms with Gasteiger partial charge in [0.1, 0.15) is 6.07 Å². The monoisotopic (exact) mass is 218 g/mol. The van der Waals surface area contributed by atoms with E-state index in [9.17, 15) is 18.9 Å². The van der Waals surface area contributed by atoms with Crippen LogP contribution in [-0.2, 0) is 0 Å². The van der Waals surface area contributed by atoms with E-state index in [1.807, 2.05) is 0 Å². The number of benzene rings is 1. The molecule has 0 spiro atoms. The first-order valence-electron chi connectivity index (χ1n) is 3.21. The summed E-state index contributed by atoms with van der Waals surface area (Å²) in [5.74, 6) is -3.07. The molecule has 7 heteroatoms. The second-order valence-corrected chi connectivity index (χ2v) is 2.66. The Hall–Kier alpha value is -1.74. The fraction of sp³-hybridized carbons (Fsp3) is 0. The van der Waals surface area contributed by atoms with Gasteiger partial charge < -0.3 is 0 Å². The summed E-state index contributed by atoms with van der Waals surface area (Å²) < 4.78 is 25.6. The predicted octanol–water partition coefficient (Wildman–Crippen LogP) is 2.40. The highest BCUT2D eigenvalue weighted by atomic mass is 35.5. The van der Waals surface area contributed by atoms with Crippen LogP contribution in [0, 0.1) is 33.1 Å². The van der Waals surface area contributed by atoms with E-state index in [2.05, 4.69) is 0 Å². The van der Waals surface area contributed by atoms with Crippen LogP contribution < -0.4 is 0 Å². The van der Waals surface area contributed by atoms with E-state index in [1.165, 1.54) is 6.07 Å². The lowest BCUT2D eigenvalue weighted by molar-refractivity contribution is -0.385. The first-order valence-corrected chi connectivity index (χ1v) is 3.58. The van der Waals surface area contributed by atoms with Crippen molar-refractivity contribution in [2.24, 2.45) is 0 Å². The summed E-state index contributed by atoms with van der Waals surface area (Å²) in [4.78, 5) is 9.30. The van der Waals surface area contributed by atoms with Gasteiger partial charge in [0.2, 0.25) is 0 Å². The van der Waals surface area contributed by atoms with Gasteiger partial charge in [-0.1, -0.05) is 11.6 Å². The molecule has 0 atom stereocenters. The van der Waals surface area contributed by atoms with Crippen LogP contribution in [0.1, 0.15) is 5.56 Å². The number of hydrogen-bond donors (Lipinski definition) is 0. The fourth-order valence-corrected chi connectivity index (χ4v) is 1.02. The number of nitriles is 1. The van der Waals surface area contributed by atoms with Crippen molar-refractivity contribution in [3.05, 3.63) is 38.4 Å². The Morgan fingerprint density at radius 1 is 1.50 bits per heavy atom. The van der Waals surface area contributed by atoms with Crippen LogP contribution in [0.3, 0.4) is 0 Å². The number of nitro groups is 1. The van der Waals surface area contributed by atoms with Crippen molar-refractivity contribution in [2.45, 2.75) is 0 Å². The molecule has 1 aromatic rings. The molecule has 0 aliphatic heterocycles. The van der Waals surface area contributed by atoms with Crippen LogP contribution >= 0.6 is 11.6 Å². The van der Waals surface area contributed by atoms with Crippen LogP contribution in [0.15, 0.2) is 6.07 Å². The lowest BCUT2D eigenvalue weighted by atomic mass is 10.2. The van der Waals surface area contributed by atoms with E-state index < -0.39 is 32.8 Å². The summed E-state index contributed by atoms with van der Waals surface area (Å²) in [5, 5.41) is 17.9. The van der Waals surface area contributed by atoms with E-state index in [0.717, 1.165) is 0 Å². The Bertz CT molecular complexity index is 456. The Balaban J connectivity index is 3.62. The van der Waals surface area contributed by atoms with Gasteiger partial charge in [0.05, 0.1) is 9.95 Å². The van der Waals surface area contributed by atoms with Gasteiger partial charge in [-0.25, -0.2) is 8.78 Å². The van der Waals surface area contributed by atoms with Gasteiger partial charge in [0, 0.05) is 6.07 Å². The Morgan fingerprint density at radius 3 is 2.50 bits per heavy atom. The Morgan fingerprint density at radius 2 is 2.07 bits per heavy atom. The molecule has 0 saturated heterocycles. The molecule has 14 heavy (non-hydrogen) atoms. The largest absolute Gasteiger partial charge is 0.291 e. The molecule has 0 aliphatic carbocycles. The molecule has 0 aliphatic rings. The molecule has 0 fully saturated rings. The molecule has 0 heterocycles. The second-order valence-electron chi connectivity index (χ2n) is 2.25. The van der Waals surface area contributed by atoms with Crippen molar-refractivity contribution in [2.75, 3.05) is 0 Å². The number of halogens is 3. The number of rotatable bonds is 1. The number of nitrogens with zero attached hydrogens (tertiary/aromatic N) is 2. The van der Waals surface area contributed by atoms with E-state index in [0.29, 0.717) is 6.07 Å². The molecule has 0 aromatic heterocycles. The lowest BCUT2D eigenvalue weighted by Crippen LogP contribution is -1.98. The minimum atomic E-state index is -1.60. The number of hydrogen-bond acceptors (Lipinski definition) is 3. The highest BCUT2D eigenvalue weighted by molar-refractivity contribution is 6.31. The number of nitro benzene ring substituents is 1. The smallest absolute Gasteiger partial charge is 0.258 e. The van der Waals surface area contributed by atoms with E-state index in [-0.39, 0.29) is 0 Å². The molecular formula is C7HClF2N2O2. The van der Waals surface area contributed by atoms with Crippen LogP contribution in [0.25, 0.3) is 0 Å². The van der Waals surface area contributed by atoms with Gasteiger partial charge in [-0.2, -0.15) is 5.26 Å². The van der Waals surface area contributed by atoms with Crippen molar-refractivity contribution in [3.8, 4) is 6.07 Å². The standard InChI is InChI=1S/C7HClF2N2O2/c8-4-1-5(12(13)14)3(2-11)6(9)7(4)10/h1H. The van der Waals surface area contributed by atoms with E-state index in [1.54, 1.807) is 0 Å². The molecule has 0 radical (unpaired) electrons. The third-order valence-electron chi connectivity index (χ3n) is 1.45. The summed E-state index contributed by atoms with van der Waals surface area (Å²) in [6.07, 6.45) is 0. The molecule has 0 bridgehead atoms. The van der Waals surface area contributed by atoms with Gasteiger partial charge in [-0.3, -0.25) is 10.1 Å². The third kappa shape index (κ3) is 1.49. The molecule has 1 rings (SSSR count). The predicted molar refractivity (Wildman–Crippen MR) is 42.7 cm³/mol. The second kappa shape index (κ2) is 3.55. The molecule has 1 aromatic carbocycles. The molecule has 4 nitrogen and oxygen atoms in total. The topological polar surface area (TPSA) is 66.9 Å². The minimum absolute atomic E-state index is 0.596. The highest BCUT2D eigenvalue weighted by Gasteiger charge is 2.24. The maximum atomic E-state index is 12.9. The SMILES string of the molecule is N#Cc1c([N+](=O)[O-])cc(Cl)c(F)c1F. The van der Waals surface area contributed by atoms with Crippen molar-refractivity contribution in [3.63, 3.8) is 0 Å². The Labute approximate surface area is 81.5 Å². The van der Waals surface area contributed by atoms with Crippen molar-refractivity contribution >= 4 is 17.3 Å². The van der Waals surface area contributed by atoms with E-state index in [4.69, 9.17) is 16.9 Å². The van der Waals surface area contributed by atoms with Gasteiger partial charge in [-0.05, 0) is 0 Å². The summed E-state index contributed by atoms with van der Waals surface area (Å²) in [5.41, 5.74) is -1.81. The average Bonchev–Trinajstić information content (AvgIpc) is 2.13. The molecule has 72 valence electrons. The van der Waals surface area contributed by atoms with Crippen molar-refractivity contribution in [1.29, 1.82) is 5.26 Å². The van der Waals surface area contributed by atoms with E-state index >= 15 is 0 Å². The van der Waals surface area contributed by atoms with Gasteiger partial charge in [0.15, 0.2) is 17.2 Å². The van der Waals surface area contributed by atoms with Crippen LogP contribution in [-0.4, -0.2) is 4.92 Å². The highest BCUT2D eigenvalue weighted by Crippen LogP contribution is 2.28. The summed E-state index contributed by atoms with van der Waals surface area (Å²) in [6.45, 7) is 0. The first kappa shape index (κ1) is 10.3. The molecule has 0 saturated carbocycles. The summed E-state index contributed by atoms with van der Waals surface area (Å²) in [6, 6.07) is 1.79. The van der Waals surface area contributed by atoms with Gasteiger partial charge in [-0.15, -0.1) is 0 Å². The van der Waals surface area contributed by atoms with Crippen LogP contribution in [0.2, 0.25) is 5.02 Å². The molecule has 0 N–H and O–H groups in total. The lowest BCUT2D eigenvalue weighted by Gasteiger charge is -1.99. The quantitative estimate of drug-likeness (QED) is 0.413. The molecule has 0 unspecified atom stereocenters. The van der Waals surface area contributed by atoms with Crippen molar-refractivity contribution in [1.82, 2.24) is 0 Å². The molecule has 0 amide bonds. The normalized spacial score (nSPS) is 9.57. The van der Waals surface area contributed by atoms with Gasteiger partial charge >= 0.3 is 0 Å². The maximum Gasteiger partial charge on any atom is 0.291 e. The Kier molecular flexibility index (Phi) is 2.63. The average molecular weight is 219 g/mol. The van der Waals surface area contributed by atoms with Crippen LogP contribution in [0.4, 0.5) is 14.5 Å². The summed E-state index contributed by atoms with van der Waals surface area (Å²) in [7, 11) is 0. The molecular weight excluding hydrogens is 218 g/mol.